The molecule has 0 aliphatic heterocycles. The Bertz CT molecular complexity index is 306. The van der Waals surface area contributed by atoms with Crippen molar-refractivity contribution < 1.29 is 19.7 Å². The molecule has 70 valence electrons. The fraction of sp³-hybridized carbons (Fsp3) is 0.222. The molecule has 0 saturated carbocycles. The van der Waals surface area contributed by atoms with Gasteiger partial charge in [0, 0.05) is 0 Å². The smallest absolute Gasteiger partial charge is 0.335 e. The molecule has 0 radical (unpaired) electrons. The Morgan fingerprint density at radius 2 is 2.23 bits per heavy atom. The zero-order valence-electron chi connectivity index (χ0n) is 7.10. The SMILES string of the molecule is CC(O)Oc1cccc(C(=O)O)c1. The zero-order valence-corrected chi connectivity index (χ0v) is 7.10. The van der Waals surface area contributed by atoms with Crippen molar-refractivity contribution in [2.45, 2.75) is 13.2 Å². The molecule has 0 aliphatic rings. The lowest BCUT2D eigenvalue weighted by Crippen LogP contribution is -2.10. The maximum absolute atomic E-state index is 10.5. The van der Waals surface area contributed by atoms with Gasteiger partial charge in [-0.1, -0.05) is 6.07 Å². The van der Waals surface area contributed by atoms with Crippen molar-refractivity contribution in [3.8, 4) is 5.75 Å². The van der Waals surface area contributed by atoms with Crippen LogP contribution in [-0.4, -0.2) is 22.5 Å². The summed E-state index contributed by atoms with van der Waals surface area (Å²) < 4.78 is 4.90. The third-order valence-electron chi connectivity index (χ3n) is 1.39. The molecule has 1 rings (SSSR count). The predicted molar refractivity (Wildman–Crippen MR) is 45.7 cm³/mol. The number of carboxylic acid groups (broad SMARTS) is 1. The fourth-order valence-electron chi connectivity index (χ4n) is 0.899. The molecular formula is C9H10O4. The van der Waals surface area contributed by atoms with Crippen LogP contribution in [0.1, 0.15) is 17.3 Å². The number of aliphatic hydroxyl groups is 1. The molecule has 1 aromatic carbocycles. The second-order valence-electron chi connectivity index (χ2n) is 2.55. The maximum atomic E-state index is 10.5. The highest BCUT2D eigenvalue weighted by atomic mass is 16.6. The Kier molecular flexibility index (Phi) is 2.87. The molecule has 0 aliphatic carbocycles. The lowest BCUT2D eigenvalue weighted by molar-refractivity contribution is -0.000426. The number of ether oxygens (including phenoxy) is 1. The summed E-state index contributed by atoms with van der Waals surface area (Å²) in [6.07, 6.45) is -0.941. The van der Waals surface area contributed by atoms with Gasteiger partial charge in [0.1, 0.15) is 5.75 Å². The number of rotatable bonds is 3. The van der Waals surface area contributed by atoms with E-state index in [0.29, 0.717) is 5.75 Å². The van der Waals surface area contributed by atoms with Crippen LogP contribution < -0.4 is 4.74 Å². The molecule has 0 heterocycles. The first-order valence-electron chi connectivity index (χ1n) is 3.77. The lowest BCUT2D eigenvalue weighted by atomic mass is 10.2. The highest BCUT2D eigenvalue weighted by Crippen LogP contribution is 2.14. The predicted octanol–water partition coefficient (Wildman–Crippen LogP) is 1.10. The topological polar surface area (TPSA) is 66.8 Å². The minimum absolute atomic E-state index is 0.137. The molecular weight excluding hydrogens is 172 g/mol. The van der Waals surface area contributed by atoms with E-state index >= 15 is 0 Å². The number of aromatic carboxylic acids is 1. The molecule has 13 heavy (non-hydrogen) atoms. The third-order valence-corrected chi connectivity index (χ3v) is 1.39. The van der Waals surface area contributed by atoms with Gasteiger partial charge in [-0.05, 0) is 25.1 Å². The average molecular weight is 182 g/mol. The summed E-state index contributed by atoms with van der Waals surface area (Å²) in [5, 5.41) is 17.5. The van der Waals surface area contributed by atoms with Crippen LogP contribution in [0.15, 0.2) is 24.3 Å². The van der Waals surface area contributed by atoms with E-state index in [4.69, 9.17) is 14.9 Å². The van der Waals surface area contributed by atoms with E-state index in [1.807, 2.05) is 0 Å². The maximum Gasteiger partial charge on any atom is 0.335 e. The van der Waals surface area contributed by atoms with Gasteiger partial charge >= 0.3 is 5.97 Å². The van der Waals surface area contributed by atoms with Crippen LogP contribution in [0.25, 0.3) is 0 Å². The van der Waals surface area contributed by atoms with Gasteiger partial charge in [0.05, 0.1) is 5.56 Å². The van der Waals surface area contributed by atoms with Gasteiger partial charge in [0.2, 0.25) is 0 Å². The first-order valence-corrected chi connectivity index (χ1v) is 3.77. The first-order chi connectivity index (χ1) is 6.09. The Morgan fingerprint density at radius 1 is 1.54 bits per heavy atom. The summed E-state index contributed by atoms with van der Waals surface area (Å²) in [5.74, 6) is -0.675. The van der Waals surface area contributed by atoms with Crippen molar-refractivity contribution in [3.05, 3.63) is 29.8 Å². The quantitative estimate of drug-likeness (QED) is 0.687. The Morgan fingerprint density at radius 3 is 2.77 bits per heavy atom. The van der Waals surface area contributed by atoms with Crippen LogP contribution in [0.2, 0.25) is 0 Å². The first kappa shape index (κ1) is 9.54. The largest absolute Gasteiger partial charge is 0.478 e. The van der Waals surface area contributed by atoms with Crippen molar-refractivity contribution >= 4 is 5.97 Å². The molecule has 1 atom stereocenters. The van der Waals surface area contributed by atoms with Crippen LogP contribution in [0.3, 0.4) is 0 Å². The van der Waals surface area contributed by atoms with Gasteiger partial charge in [0.25, 0.3) is 0 Å². The molecule has 0 saturated heterocycles. The Balaban J connectivity index is 2.85. The van der Waals surface area contributed by atoms with Crippen LogP contribution in [0, 0.1) is 0 Å². The van der Waals surface area contributed by atoms with Crippen LogP contribution in [0.4, 0.5) is 0 Å². The number of hydrogen-bond acceptors (Lipinski definition) is 3. The lowest BCUT2D eigenvalue weighted by Gasteiger charge is -2.08. The number of hydrogen-bond donors (Lipinski definition) is 2. The van der Waals surface area contributed by atoms with Crippen molar-refractivity contribution in [2.24, 2.45) is 0 Å². The molecule has 1 unspecified atom stereocenters. The fourth-order valence-corrected chi connectivity index (χ4v) is 0.899. The second-order valence-corrected chi connectivity index (χ2v) is 2.55. The normalized spacial score (nSPS) is 12.2. The molecule has 2 N–H and O–H groups in total. The van der Waals surface area contributed by atoms with E-state index in [9.17, 15) is 4.79 Å². The van der Waals surface area contributed by atoms with Gasteiger partial charge in [-0.3, -0.25) is 0 Å². The van der Waals surface area contributed by atoms with Crippen molar-refractivity contribution in [2.75, 3.05) is 0 Å². The van der Waals surface area contributed by atoms with Crippen molar-refractivity contribution in [1.29, 1.82) is 0 Å². The summed E-state index contributed by atoms with van der Waals surface area (Å²) in [6.45, 7) is 1.45. The Labute approximate surface area is 75.4 Å². The van der Waals surface area contributed by atoms with Gasteiger partial charge in [-0.25, -0.2) is 4.79 Å². The van der Waals surface area contributed by atoms with Crippen molar-refractivity contribution in [3.63, 3.8) is 0 Å². The number of carbonyl (C=O) groups is 1. The van der Waals surface area contributed by atoms with Crippen molar-refractivity contribution in [1.82, 2.24) is 0 Å². The van der Waals surface area contributed by atoms with E-state index < -0.39 is 12.3 Å². The van der Waals surface area contributed by atoms with Gasteiger partial charge in [-0.15, -0.1) is 0 Å². The minimum Gasteiger partial charge on any atom is -0.478 e. The number of aliphatic hydroxyl groups excluding tert-OH is 1. The third kappa shape index (κ3) is 2.76. The molecule has 4 heteroatoms. The van der Waals surface area contributed by atoms with Gasteiger partial charge in [-0.2, -0.15) is 0 Å². The molecule has 0 amide bonds. The summed E-state index contributed by atoms with van der Waals surface area (Å²) >= 11 is 0. The average Bonchev–Trinajstić information content (AvgIpc) is 2.03. The highest BCUT2D eigenvalue weighted by molar-refractivity contribution is 5.87. The number of benzene rings is 1. The standard InChI is InChI=1S/C9H10O4/c1-6(10)13-8-4-2-3-7(5-8)9(11)12/h2-6,10H,1H3,(H,11,12). The zero-order chi connectivity index (χ0) is 9.84. The number of carboxylic acids is 1. The van der Waals surface area contributed by atoms with Gasteiger partial charge in [0.15, 0.2) is 6.29 Å². The van der Waals surface area contributed by atoms with E-state index in [0.717, 1.165) is 0 Å². The summed E-state index contributed by atoms with van der Waals surface area (Å²) in [5.41, 5.74) is 0.137. The molecule has 0 fully saturated rings. The molecule has 0 spiro atoms. The van der Waals surface area contributed by atoms with Gasteiger partial charge < -0.3 is 14.9 Å². The summed E-state index contributed by atoms with van der Waals surface area (Å²) in [7, 11) is 0. The monoisotopic (exact) mass is 182 g/mol. The van der Waals surface area contributed by atoms with E-state index in [2.05, 4.69) is 0 Å². The van der Waals surface area contributed by atoms with E-state index in [1.165, 1.54) is 19.1 Å². The molecule has 4 nitrogen and oxygen atoms in total. The van der Waals surface area contributed by atoms with Crippen LogP contribution >= 0.6 is 0 Å². The second kappa shape index (κ2) is 3.91. The minimum atomic E-state index is -1.02. The summed E-state index contributed by atoms with van der Waals surface area (Å²) in [6, 6.07) is 5.95. The van der Waals surface area contributed by atoms with Crippen LogP contribution in [-0.2, 0) is 0 Å². The van der Waals surface area contributed by atoms with Crippen LogP contribution in [0.5, 0.6) is 5.75 Å². The molecule has 1 aromatic rings. The summed E-state index contributed by atoms with van der Waals surface area (Å²) in [4.78, 5) is 10.5. The Hall–Kier alpha value is -1.55. The van der Waals surface area contributed by atoms with E-state index in [-0.39, 0.29) is 5.56 Å². The molecule has 0 bridgehead atoms. The highest BCUT2D eigenvalue weighted by Gasteiger charge is 2.04. The van der Waals surface area contributed by atoms with E-state index in [1.54, 1.807) is 12.1 Å². The molecule has 0 aromatic heterocycles.